The molecule has 0 aromatic heterocycles. The summed E-state index contributed by atoms with van der Waals surface area (Å²) in [4.78, 5) is 23.9. The van der Waals surface area contributed by atoms with Gasteiger partial charge in [-0.25, -0.2) is 13.2 Å². The quantitative estimate of drug-likeness (QED) is 0.680. The van der Waals surface area contributed by atoms with Gasteiger partial charge >= 0.3 is 5.97 Å². The van der Waals surface area contributed by atoms with Gasteiger partial charge in [0.2, 0.25) is 15.9 Å². The lowest BCUT2D eigenvalue weighted by atomic mass is 9.99. The molecule has 0 spiro atoms. The second kappa shape index (κ2) is 8.61. The summed E-state index contributed by atoms with van der Waals surface area (Å²) in [7, 11) is -2.47. The second-order valence-corrected chi connectivity index (χ2v) is 8.19. The van der Waals surface area contributed by atoms with Crippen LogP contribution in [-0.4, -0.2) is 57.9 Å². The summed E-state index contributed by atoms with van der Waals surface area (Å²) >= 11 is 0. The molecular formula is C17H25N3O5S. The summed E-state index contributed by atoms with van der Waals surface area (Å²) in [5.74, 6) is -1.07. The number of carbonyl (C=O) groups excluding carboxylic acids is 2. The molecule has 0 bridgehead atoms. The number of hydrogen-bond acceptors (Lipinski definition) is 6. The van der Waals surface area contributed by atoms with E-state index in [0.717, 1.165) is 0 Å². The number of carbonyl (C=O) groups is 2. The van der Waals surface area contributed by atoms with Crippen molar-refractivity contribution in [1.82, 2.24) is 9.62 Å². The molecular weight excluding hydrogens is 358 g/mol. The minimum Gasteiger partial charge on any atom is -0.465 e. The van der Waals surface area contributed by atoms with Gasteiger partial charge in [0.15, 0.2) is 0 Å². The fourth-order valence-electron chi connectivity index (χ4n) is 3.00. The van der Waals surface area contributed by atoms with Crippen LogP contribution in [0, 0.1) is 12.8 Å². The number of methoxy groups -OCH3 is 1. The van der Waals surface area contributed by atoms with E-state index in [1.54, 1.807) is 6.92 Å². The minimum atomic E-state index is -3.74. The predicted octanol–water partition coefficient (Wildman–Crippen LogP) is 0.257. The molecule has 3 N–H and O–H groups in total. The van der Waals surface area contributed by atoms with E-state index in [1.165, 1.54) is 29.6 Å². The number of rotatable bonds is 6. The Labute approximate surface area is 153 Å². The maximum atomic E-state index is 12.9. The zero-order valence-corrected chi connectivity index (χ0v) is 15.8. The fraction of sp³-hybridized carbons (Fsp3) is 0.529. The molecule has 1 aromatic carbocycles. The monoisotopic (exact) mass is 383 g/mol. The lowest BCUT2D eigenvalue weighted by molar-refractivity contribution is -0.126. The third-order valence-corrected chi connectivity index (χ3v) is 6.30. The lowest BCUT2D eigenvalue weighted by Crippen LogP contribution is -2.46. The molecule has 144 valence electrons. The van der Waals surface area contributed by atoms with Gasteiger partial charge in [-0.05, 0) is 43.5 Å². The average molecular weight is 383 g/mol. The number of aryl methyl sites for hydroxylation is 1. The number of ether oxygens (including phenoxy) is 1. The zero-order valence-electron chi connectivity index (χ0n) is 15.0. The van der Waals surface area contributed by atoms with Crippen molar-refractivity contribution in [2.75, 3.05) is 33.3 Å². The van der Waals surface area contributed by atoms with E-state index >= 15 is 0 Å². The summed E-state index contributed by atoms with van der Waals surface area (Å²) in [6, 6.07) is 4.30. The molecule has 1 fully saturated rings. The van der Waals surface area contributed by atoms with Crippen LogP contribution in [0.5, 0.6) is 0 Å². The molecule has 1 aliphatic rings. The number of nitrogens with zero attached hydrogens (tertiary/aromatic N) is 1. The molecule has 1 saturated heterocycles. The Morgan fingerprint density at radius 1 is 1.38 bits per heavy atom. The number of nitrogens with two attached hydrogens (primary N) is 1. The first kappa shape index (κ1) is 20.3. The smallest absolute Gasteiger partial charge is 0.338 e. The van der Waals surface area contributed by atoms with Crippen molar-refractivity contribution >= 4 is 21.9 Å². The van der Waals surface area contributed by atoms with Gasteiger partial charge in [-0.1, -0.05) is 0 Å². The first-order chi connectivity index (χ1) is 12.3. The average Bonchev–Trinajstić information content (AvgIpc) is 2.65. The number of esters is 1. The Morgan fingerprint density at radius 2 is 2.12 bits per heavy atom. The molecule has 26 heavy (non-hydrogen) atoms. The third-order valence-electron chi connectivity index (χ3n) is 4.44. The fourth-order valence-corrected chi connectivity index (χ4v) is 4.61. The van der Waals surface area contributed by atoms with Crippen molar-refractivity contribution in [3.63, 3.8) is 0 Å². The summed E-state index contributed by atoms with van der Waals surface area (Å²) in [6.45, 7) is 2.87. The highest BCUT2D eigenvalue weighted by Gasteiger charge is 2.33. The normalized spacial score (nSPS) is 18.3. The van der Waals surface area contributed by atoms with Crippen LogP contribution in [0.2, 0.25) is 0 Å². The van der Waals surface area contributed by atoms with Gasteiger partial charge in [-0.15, -0.1) is 0 Å². The van der Waals surface area contributed by atoms with Crippen molar-refractivity contribution in [3.05, 3.63) is 29.3 Å². The molecule has 1 amide bonds. The summed E-state index contributed by atoms with van der Waals surface area (Å²) in [6.07, 6.45) is 1.25. The maximum Gasteiger partial charge on any atom is 0.338 e. The largest absolute Gasteiger partial charge is 0.465 e. The summed E-state index contributed by atoms with van der Waals surface area (Å²) < 4.78 is 31.9. The van der Waals surface area contributed by atoms with Gasteiger partial charge in [0.1, 0.15) is 0 Å². The Kier molecular flexibility index (Phi) is 6.74. The van der Waals surface area contributed by atoms with Gasteiger partial charge < -0.3 is 15.8 Å². The number of benzene rings is 1. The molecule has 1 aromatic rings. The summed E-state index contributed by atoms with van der Waals surface area (Å²) in [5.41, 5.74) is 6.23. The first-order valence-corrected chi connectivity index (χ1v) is 9.92. The van der Waals surface area contributed by atoms with E-state index < -0.39 is 16.0 Å². The van der Waals surface area contributed by atoms with Crippen LogP contribution in [-0.2, 0) is 19.6 Å². The molecule has 1 aliphatic heterocycles. The summed E-state index contributed by atoms with van der Waals surface area (Å²) in [5, 5.41) is 2.71. The molecule has 9 heteroatoms. The van der Waals surface area contributed by atoms with E-state index in [4.69, 9.17) is 5.73 Å². The van der Waals surface area contributed by atoms with Crippen molar-refractivity contribution in [1.29, 1.82) is 0 Å². The van der Waals surface area contributed by atoms with E-state index in [-0.39, 0.29) is 23.3 Å². The van der Waals surface area contributed by atoms with Crippen LogP contribution in [0.3, 0.4) is 0 Å². The highest BCUT2D eigenvalue weighted by Crippen LogP contribution is 2.25. The van der Waals surface area contributed by atoms with Crippen molar-refractivity contribution in [2.24, 2.45) is 11.7 Å². The molecule has 1 atom stereocenters. The van der Waals surface area contributed by atoms with Crippen LogP contribution in [0.4, 0.5) is 0 Å². The standard InChI is InChI=1S/C17H25N3O5S/c1-12-10-14(5-6-15(12)17(22)25-2)26(23,24)20-9-3-4-13(11-20)16(21)19-8-7-18/h5-6,10,13H,3-4,7-9,11,18H2,1-2H3,(H,19,21). The van der Waals surface area contributed by atoms with Crippen LogP contribution in [0.1, 0.15) is 28.8 Å². The van der Waals surface area contributed by atoms with Crippen LogP contribution >= 0.6 is 0 Å². The molecule has 2 rings (SSSR count). The Balaban J connectivity index is 2.20. The van der Waals surface area contributed by atoms with E-state index in [2.05, 4.69) is 10.1 Å². The number of hydrogen-bond donors (Lipinski definition) is 2. The molecule has 1 heterocycles. The Hall–Kier alpha value is -1.97. The van der Waals surface area contributed by atoms with Crippen molar-refractivity contribution in [2.45, 2.75) is 24.7 Å². The topological polar surface area (TPSA) is 119 Å². The van der Waals surface area contributed by atoms with Crippen LogP contribution in [0.25, 0.3) is 0 Å². The highest BCUT2D eigenvalue weighted by atomic mass is 32.2. The number of sulfonamides is 1. The van der Waals surface area contributed by atoms with Crippen molar-refractivity contribution in [3.8, 4) is 0 Å². The van der Waals surface area contributed by atoms with Gasteiger partial charge in [-0.2, -0.15) is 4.31 Å². The van der Waals surface area contributed by atoms with Gasteiger partial charge in [0, 0.05) is 26.2 Å². The number of amides is 1. The molecule has 8 nitrogen and oxygen atoms in total. The van der Waals surface area contributed by atoms with E-state index in [0.29, 0.717) is 43.6 Å². The SMILES string of the molecule is COC(=O)c1ccc(S(=O)(=O)N2CCCC(C(=O)NCCN)C2)cc1C. The minimum absolute atomic E-state index is 0.102. The van der Waals surface area contributed by atoms with Gasteiger partial charge in [0.25, 0.3) is 0 Å². The van der Waals surface area contributed by atoms with Gasteiger partial charge in [-0.3, -0.25) is 4.79 Å². The molecule has 0 aliphatic carbocycles. The number of piperidine rings is 1. The second-order valence-electron chi connectivity index (χ2n) is 6.25. The van der Waals surface area contributed by atoms with E-state index in [9.17, 15) is 18.0 Å². The Morgan fingerprint density at radius 3 is 2.73 bits per heavy atom. The van der Waals surface area contributed by atoms with Crippen molar-refractivity contribution < 1.29 is 22.7 Å². The highest BCUT2D eigenvalue weighted by molar-refractivity contribution is 7.89. The predicted molar refractivity (Wildman–Crippen MR) is 96.1 cm³/mol. The zero-order chi connectivity index (χ0) is 19.3. The number of nitrogens with one attached hydrogen (secondary N) is 1. The Bertz CT molecular complexity index is 779. The molecule has 0 radical (unpaired) electrons. The first-order valence-electron chi connectivity index (χ1n) is 8.48. The maximum absolute atomic E-state index is 12.9. The van der Waals surface area contributed by atoms with Crippen LogP contribution < -0.4 is 11.1 Å². The van der Waals surface area contributed by atoms with Crippen LogP contribution in [0.15, 0.2) is 23.1 Å². The molecule has 0 saturated carbocycles. The van der Waals surface area contributed by atoms with Gasteiger partial charge in [0.05, 0.1) is 23.5 Å². The van der Waals surface area contributed by atoms with E-state index in [1.807, 2.05) is 0 Å². The lowest BCUT2D eigenvalue weighted by Gasteiger charge is -2.31. The molecule has 1 unspecified atom stereocenters. The third kappa shape index (κ3) is 4.40.